The van der Waals surface area contributed by atoms with E-state index < -0.39 is 31.2 Å². The lowest BCUT2D eigenvalue weighted by Gasteiger charge is -2.13. The molecular weight excluding hydrogens is 522 g/mol. The highest BCUT2D eigenvalue weighted by Crippen LogP contribution is 2.30. The Morgan fingerprint density at radius 3 is 2.20 bits per heavy atom. The van der Waals surface area contributed by atoms with E-state index >= 15 is 0 Å². The first-order valence-corrected chi connectivity index (χ1v) is 13.1. The number of rotatable bonds is 9. The van der Waals surface area contributed by atoms with Crippen molar-refractivity contribution < 1.29 is 31.0 Å². The fraction of sp³-hybridized carbons (Fsp3) is 0.150. The van der Waals surface area contributed by atoms with E-state index in [9.17, 15) is 31.0 Å². The number of anilines is 3. The molecule has 0 amide bonds. The van der Waals surface area contributed by atoms with E-state index in [4.69, 9.17) is 11.6 Å². The predicted octanol–water partition coefficient (Wildman–Crippen LogP) is 2.73. The Hall–Kier alpha value is -3.14. The molecule has 0 saturated heterocycles. The smallest absolute Gasteiger partial charge is 0.297 e. The first-order valence-electron chi connectivity index (χ1n) is 9.80. The molecule has 5 N–H and O–H groups in total. The molecule has 0 bridgehead atoms. The molecule has 0 saturated carbocycles. The first kappa shape index (κ1) is 26.5. The average Bonchev–Trinajstić information content (AvgIpc) is 2.74. The number of aromatic nitrogens is 3. The molecule has 0 radical (unpaired) electrons. The van der Waals surface area contributed by atoms with Gasteiger partial charge in [0.15, 0.2) is 0 Å². The summed E-state index contributed by atoms with van der Waals surface area (Å²) < 4.78 is 67.0. The van der Waals surface area contributed by atoms with Crippen molar-refractivity contribution in [1.82, 2.24) is 15.0 Å². The molecule has 3 aromatic rings. The zero-order valence-electron chi connectivity index (χ0n) is 18.0. The van der Waals surface area contributed by atoms with Gasteiger partial charge in [-0.1, -0.05) is 42.5 Å². The molecule has 1 atom stereocenters. The Morgan fingerprint density at radius 2 is 1.54 bits per heavy atom. The monoisotopic (exact) mass is 541 g/mol. The summed E-state index contributed by atoms with van der Waals surface area (Å²) in [4.78, 5) is 10.9. The third kappa shape index (κ3) is 7.17. The van der Waals surface area contributed by atoms with Crippen LogP contribution in [-0.2, 0) is 20.2 Å². The van der Waals surface area contributed by atoms with Crippen molar-refractivity contribution in [2.45, 2.75) is 22.8 Å². The molecule has 186 valence electrons. The Labute approximate surface area is 206 Å². The normalized spacial score (nSPS) is 13.1. The summed E-state index contributed by atoms with van der Waals surface area (Å²) in [6, 6.07) is 9.72. The van der Waals surface area contributed by atoms with Crippen molar-refractivity contribution in [1.29, 1.82) is 0 Å². The number of nitrogens with one attached hydrogen (secondary N) is 2. The highest BCUT2D eigenvalue weighted by atomic mass is 35.5. The van der Waals surface area contributed by atoms with Gasteiger partial charge < -0.3 is 15.7 Å². The van der Waals surface area contributed by atoms with Crippen molar-refractivity contribution in [3.05, 3.63) is 58.9 Å². The van der Waals surface area contributed by atoms with Gasteiger partial charge in [0.1, 0.15) is 9.79 Å². The lowest BCUT2D eigenvalue weighted by molar-refractivity contribution is 0.208. The van der Waals surface area contributed by atoms with Crippen LogP contribution >= 0.6 is 11.6 Å². The second kappa shape index (κ2) is 10.6. The van der Waals surface area contributed by atoms with Crippen molar-refractivity contribution in [2.75, 3.05) is 17.2 Å². The van der Waals surface area contributed by atoms with Crippen LogP contribution in [0.4, 0.5) is 17.6 Å². The lowest BCUT2D eigenvalue weighted by Crippen LogP contribution is -2.17. The van der Waals surface area contributed by atoms with E-state index in [1.807, 2.05) is 0 Å². The molecule has 1 heterocycles. The van der Waals surface area contributed by atoms with E-state index in [1.54, 1.807) is 6.92 Å². The Morgan fingerprint density at radius 1 is 0.914 bits per heavy atom. The van der Waals surface area contributed by atoms with Crippen LogP contribution in [0, 0.1) is 0 Å². The van der Waals surface area contributed by atoms with Gasteiger partial charge in [0, 0.05) is 6.54 Å². The third-order valence-corrected chi connectivity index (χ3v) is 6.42. The standard InChI is InChI=1S/C20H20ClN5O7S2/c1-12(27)11-22-19-24-18(21)25-20(26-19)23-15-7-4-6-14(17(15)35(31,32)33)10-9-13-5-2-3-8-16(13)34(28,29)30/h2-10,12,27H,11H2,1H3,(H,28,29,30)(H,31,32,33)(H2,22,23,24,25,26). The summed E-state index contributed by atoms with van der Waals surface area (Å²) >= 11 is 5.91. The van der Waals surface area contributed by atoms with E-state index in [-0.39, 0.29) is 45.4 Å². The second-order valence-corrected chi connectivity index (χ2v) is 10.2. The highest BCUT2D eigenvalue weighted by Gasteiger charge is 2.21. The van der Waals surface area contributed by atoms with Crippen LogP contribution in [-0.4, -0.2) is 58.6 Å². The lowest BCUT2D eigenvalue weighted by atomic mass is 10.1. The number of aliphatic hydroxyl groups is 1. The minimum atomic E-state index is -4.80. The van der Waals surface area contributed by atoms with Gasteiger partial charge in [-0.2, -0.15) is 31.8 Å². The molecule has 35 heavy (non-hydrogen) atoms. The topological polar surface area (TPSA) is 192 Å². The maximum Gasteiger partial charge on any atom is 0.297 e. The Kier molecular flexibility index (Phi) is 8.04. The summed E-state index contributed by atoms with van der Waals surface area (Å²) in [6.45, 7) is 1.65. The number of halogens is 1. The van der Waals surface area contributed by atoms with Crippen LogP contribution in [0.15, 0.2) is 52.3 Å². The summed E-state index contributed by atoms with van der Waals surface area (Å²) in [5.41, 5.74) is -0.0237. The molecule has 2 aromatic carbocycles. The first-order chi connectivity index (χ1) is 16.3. The zero-order valence-corrected chi connectivity index (χ0v) is 20.4. The van der Waals surface area contributed by atoms with E-state index in [0.29, 0.717) is 0 Å². The quantitative estimate of drug-likeness (QED) is 0.197. The summed E-state index contributed by atoms with van der Waals surface area (Å²) in [6.07, 6.45) is 1.82. The van der Waals surface area contributed by atoms with Crippen LogP contribution in [0.25, 0.3) is 12.2 Å². The Balaban J connectivity index is 2.04. The van der Waals surface area contributed by atoms with E-state index in [2.05, 4.69) is 25.6 Å². The minimum absolute atomic E-state index is 0.00440. The van der Waals surface area contributed by atoms with E-state index in [0.717, 1.165) is 0 Å². The molecule has 0 aliphatic rings. The average molecular weight is 542 g/mol. The molecule has 12 nitrogen and oxygen atoms in total. The van der Waals surface area contributed by atoms with Gasteiger partial charge in [0.05, 0.1) is 11.8 Å². The molecule has 15 heteroatoms. The van der Waals surface area contributed by atoms with Crippen LogP contribution in [0.2, 0.25) is 5.28 Å². The summed E-state index contributed by atoms with van der Waals surface area (Å²) in [5.74, 6) is -0.138. The van der Waals surface area contributed by atoms with Gasteiger partial charge in [0.25, 0.3) is 20.2 Å². The molecule has 3 rings (SSSR count). The summed E-state index contributed by atoms with van der Waals surface area (Å²) in [7, 11) is -9.33. The number of aliphatic hydroxyl groups excluding tert-OH is 1. The van der Waals surface area contributed by atoms with Gasteiger partial charge in [-0.15, -0.1) is 0 Å². The fourth-order valence-corrected chi connectivity index (χ4v) is 4.63. The molecule has 0 spiro atoms. The zero-order chi connectivity index (χ0) is 25.8. The van der Waals surface area contributed by atoms with Crippen LogP contribution in [0.1, 0.15) is 18.1 Å². The van der Waals surface area contributed by atoms with E-state index in [1.165, 1.54) is 54.6 Å². The highest BCUT2D eigenvalue weighted by molar-refractivity contribution is 7.86. The van der Waals surface area contributed by atoms with Crippen molar-refractivity contribution in [3.63, 3.8) is 0 Å². The molecule has 0 fully saturated rings. The van der Waals surface area contributed by atoms with Gasteiger partial charge in [-0.3, -0.25) is 9.11 Å². The van der Waals surface area contributed by atoms with Crippen molar-refractivity contribution in [3.8, 4) is 0 Å². The van der Waals surface area contributed by atoms with Crippen molar-refractivity contribution in [2.24, 2.45) is 0 Å². The number of hydrogen-bond acceptors (Lipinski definition) is 10. The van der Waals surface area contributed by atoms with Gasteiger partial charge in [0.2, 0.25) is 17.2 Å². The molecule has 1 aromatic heterocycles. The maximum atomic E-state index is 12.2. The minimum Gasteiger partial charge on any atom is -0.392 e. The predicted molar refractivity (Wildman–Crippen MR) is 130 cm³/mol. The second-order valence-electron chi connectivity index (χ2n) is 7.15. The SMILES string of the molecule is CC(O)CNc1nc(Cl)nc(Nc2cccc(C=Cc3ccccc3S(=O)(=O)O)c2S(=O)(=O)O)n1. The number of benzene rings is 2. The van der Waals surface area contributed by atoms with Gasteiger partial charge in [-0.25, -0.2) is 0 Å². The van der Waals surface area contributed by atoms with Crippen LogP contribution in [0.3, 0.4) is 0 Å². The van der Waals surface area contributed by atoms with Crippen LogP contribution in [0.5, 0.6) is 0 Å². The Bertz CT molecular complexity index is 1480. The van der Waals surface area contributed by atoms with Crippen LogP contribution < -0.4 is 10.6 Å². The molecule has 1 unspecified atom stereocenters. The maximum absolute atomic E-state index is 12.2. The van der Waals surface area contributed by atoms with Gasteiger partial charge in [-0.05, 0) is 41.8 Å². The fourth-order valence-electron chi connectivity index (χ4n) is 2.95. The molecular formula is C20H20ClN5O7S2. The number of nitrogens with zero attached hydrogens (tertiary/aromatic N) is 3. The van der Waals surface area contributed by atoms with Gasteiger partial charge >= 0.3 is 0 Å². The van der Waals surface area contributed by atoms with Crippen molar-refractivity contribution >= 4 is 61.6 Å². The summed E-state index contributed by atoms with van der Waals surface area (Å²) in [5, 5.41) is 14.6. The molecule has 0 aliphatic heterocycles. The number of hydrogen-bond donors (Lipinski definition) is 5. The molecule has 0 aliphatic carbocycles. The third-order valence-electron chi connectivity index (χ3n) is 4.35. The largest absolute Gasteiger partial charge is 0.392 e.